The van der Waals surface area contributed by atoms with Gasteiger partial charge in [0.15, 0.2) is 6.10 Å². The number of imide groups is 1. The second kappa shape index (κ2) is 8.90. The molecule has 1 atom stereocenters. The number of nitrogens with zero attached hydrogens (tertiary/aromatic N) is 4. The summed E-state index contributed by atoms with van der Waals surface area (Å²) in [5.41, 5.74) is 1.29. The molecule has 176 valence electrons. The van der Waals surface area contributed by atoms with E-state index in [9.17, 15) is 19.2 Å². The summed E-state index contributed by atoms with van der Waals surface area (Å²) >= 11 is 0. The molecular weight excluding hydrogens is 436 g/mol. The van der Waals surface area contributed by atoms with Crippen molar-refractivity contribution in [3.8, 4) is 5.75 Å². The van der Waals surface area contributed by atoms with Crippen molar-refractivity contribution in [2.75, 3.05) is 51.2 Å². The van der Waals surface area contributed by atoms with Gasteiger partial charge in [-0.1, -0.05) is 24.3 Å². The molecule has 1 fully saturated rings. The van der Waals surface area contributed by atoms with Gasteiger partial charge in [0, 0.05) is 39.1 Å². The second-order valence-corrected chi connectivity index (χ2v) is 8.76. The van der Waals surface area contributed by atoms with Gasteiger partial charge in [-0.15, -0.1) is 0 Å². The Morgan fingerprint density at radius 3 is 2.21 bits per heavy atom. The number of piperazine rings is 1. The Morgan fingerprint density at radius 2 is 1.53 bits per heavy atom. The van der Waals surface area contributed by atoms with Crippen molar-refractivity contribution < 1.29 is 23.9 Å². The maximum Gasteiger partial charge on any atom is 0.265 e. The predicted molar refractivity (Wildman–Crippen MR) is 124 cm³/mol. The molecule has 0 spiro atoms. The van der Waals surface area contributed by atoms with E-state index in [4.69, 9.17) is 4.74 Å². The van der Waals surface area contributed by atoms with E-state index in [1.54, 1.807) is 53.4 Å². The van der Waals surface area contributed by atoms with Gasteiger partial charge in [0.25, 0.3) is 17.7 Å². The molecule has 2 aromatic rings. The Bertz CT molecular complexity index is 1120. The number of fused-ring (bicyclic) bond motifs is 2. The molecule has 0 bridgehead atoms. The number of benzene rings is 2. The average molecular weight is 463 g/mol. The molecule has 0 N–H and O–H groups in total. The van der Waals surface area contributed by atoms with Crippen molar-refractivity contribution in [2.24, 2.45) is 0 Å². The van der Waals surface area contributed by atoms with Gasteiger partial charge >= 0.3 is 0 Å². The Kier molecular flexibility index (Phi) is 5.79. The number of amides is 4. The minimum Gasteiger partial charge on any atom is -0.476 e. The van der Waals surface area contributed by atoms with Crippen LogP contribution in [0.15, 0.2) is 48.5 Å². The first-order valence-corrected chi connectivity index (χ1v) is 11.4. The normalized spacial score (nSPS) is 20.1. The summed E-state index contributed by atoms with van der Waals surface area (Å²) < 4.78 is 5.99. The van der Waals surface area contributed by atoms with Crippen LogP contribution in [0.5, 0.6) is 5.75 Å². The maximum atomic E-state index is 13.3. The number of para-hydroxylation sites is 2. The van der Waals surface area contributed by atoms with E-state index in [0.717, 1.165) is 18.0 Å². The SMILES string of the molecule is CN1CCN(C(=O)[C@H]2CN(C(=O)CCN3C(=O)c4ccccc4C3=O)c3ccccc3O2)CC1. The highest BCUT2D eigenvalue weighted by atomic mass is 16.5. The highest BCUT2D eigenvalue weighted by Crippen LogP contribution is 2.34. The number of rotatable bonds is 4. The molecule has 2 aromatic carbocycles. The number of hydrogen-bond acceptors (Lipinski definition) is 6. The standard InChI is InChI=1S/C25H26N4O5/c1-26-12-14-27(15-13-26)25(33)21-16-29(19-8-4-5-9-20(19)34-21)22(30)10-11-28-23(31)17-6-2-3-7-18(17)24(28)32/h2-9,21H,10-16H2,1H3/t21-/m1/s1. The number of likely N-dealkylation sites (N-methyl/N-ethyl adjacent to an activating group) is 1. The molecule has 5 rings (SSSR count). The van der Waals surface area contributed by atoms with E-state index in [0.29, 0.717) is 35.7 Å². The van der Waals surface area contributed by atoms with Crippen LogP contribution in [0.25, 0.3) is 0 Å². The van der Waals surface area contributed by atoms with E-state index in [2.05, 4.69) is 4.90 Å². The van der Waals surface area contributed by atoms with Crippen LogP contribution in [0, 0.1) is 0 Å². The maximum absolute atomic E-state index is 13.3. The lowest BCUT2D eigenvalue weighted by Crippen LogP contribution is -2.56. The first-order valence-electron chi connectivity index (χ1n) is 11.4. The quantitative estimate of drug-likeness (QED) is 0.635. The number of anilines is 1. The van der Waals surface area contributed by atoms with Gasteiger partial charge in [0.1, 0.15) is 5.75 Å². The van der Waals surface area contributed by atoms with Gasteiger partial charge in [-0.2, -0.15) is 0 Å². The lowest BCUT2D eigenvalue weighted by molar-refractivity contribution is -0.140. The molecule has 1 saturated heterocycles. The van der Waals surface area contributed by atoms with E-state index < -0.39 is 6.10 Å². The zero-order valence-electron chi connectivity index (χ0n) is 19.0. The van der Waals surface area contributed by atoms with Crippen LogP contribution in [-0.4, -0.2) is 90.7 Å². The van der Waals surface area contributed by atoms with Crippen molar-refractivity contribution >= 4 is 29.3 Å². The molecule has 0 saturated carbocycles. The van der Waals surface area contributed by atoms with E-state index in [-0.39, 0.29) is 43.1 Å². The largest absolute Gasteiger partial charge is 0.476 e. The van der Waals surface area contributed by atoms with Crippen molar-refractivity contribution in [1.29, 1.82) is 0 Å². The Hall–Kier alpha value is -3.72. The molecule has 0 unspecified atom stereocenters. The van der Waals surface area contributed by atoms with Crippen LogP contribution in [0.1, 0.15) is 27.1 Å². The third kappa shape index (κ3) is 3.92. The van der Waals surface area contributed by atoms with Gasteiger partial charge in [-0.3, -0.25) is 24.1 Å². The molecule has 0 radical (unpaired) electrons. The van der Waals surface area contributed by atoms with Gasteiger partial charge in [-0.05, 0) is 31.3 Å². The number of carbonyl (C=O) groups excluding carboxylic acids is 4. The first kappa shape index (κ1) is 22.1. The lowest BCUT2D eigenvalue weighted by atomic mass is 10.1. The van der Waals surface area contributed by atoms with Crippen LogP contribution in [-0.2, 0) is 9.59 Å². The number of carbonyl (C=O) groups is 4. The summed E-state index contributed by atoms with van der Waals surface area (Å²) in [5, 5.41) is 0. The third-order valence-corrected chi connectivity index (χ3v) is 6.59. The molecule has 3 heterocycles. The molecule has 0 aromatic heterocycles. The number of hydrogen-bond donors (Lipinski definition) is 0. The van der Waals surface area contributed by atoms with Crippen molar-refractivity contribution in [3.05, 3.63) is 59.7 Å². The summed E-state index contributed by atoms with van der Waals surface area (Å²) in [6.45, 7) is 2.87. The molecular formula is C25H26N4O5. The first-order chi connectivity index (χ1) is 16.4. The smallest absolute Gasteiger partial charge is 0.265 e. The summed E-state index contributed by atoms with van der Waals surface area (Å²) in [6, 6.07) is 13.8. The van der Waals surface area contributed by atoms with Gasteiger partial charge < -0.3 is 19.4 Å². The van der Waals surface area contributed by atoms with Crippen LogP contribution in [0.2, 0.25) is 0 Å². The fourth-order valence-corrected chi connectivity index (χ4v) is 4.61. The van der Waals surface area contributed by atoms with E-state index in [1.807, 2.05) is 7.05 Å². The highest BCUT2D eigenvalue weighted by Gasteiger charge is 2.38. The summed E-state index contributed by atoms with van der Waals surface area (Å²) in [4.78, 5) is 58.3. The minimum atomic E-state index is -0.804. The molecule has 3 aliphatic heterocycles. The predicted octanol–water partition coefficient (Wildman–Crippen LogP) is 1.24. The van der Waals surface area contributed by atoms with Crippen LogP contribution < -0.4 is 9.64 Å². The van der Waals surface area contributed by atoms with E-state index >= 15 is 0 Å². The molecule has 3 aliphatic rings. The monoisotopic (exact) mass is 462 g/mol. The number of ether oxygens (including phenoxy) is 1. The summed E-state index contributed by atoms with van der Waals surface area (Å²) in [5.74, 6) is -0.725. The van der Waals surface area contributed by atoms with Crippen molar-refractivity contribution in [1.82, 2.24) is 14.7 Å². The topological polar surface area (TPSA) is 90.5 Å². The minimum absolute atomic E-state index is 0.0260. The molecule has 4 amide bonds. The molecule has 9 nitrogen and oxygen atoms in total. The second-order valence-electron chi connectivity index (χ2n) is 8.76. The van der Waals surface area contributed by atoms with Crippen LogP contribution in [0.4, 0.5) is 5.69 Å². The molecule has 9 heteroatoms. The van der Waals surface area contributed by atoms with Gasteiger partial charge in [0.05, 0.1) is 23.4 Å². The Morgan fingerprint density at radius 1 is 0.912 bits per heavy atom. The van der Waals surface area contributed by atoms with Crippen LogP contribution >= 0.6 is 0 Å². The lowest BCUT2D eigenvalue weighted by Gasteiger charge is -2.38. The average Bonchev–Trinajstić information content (AvgIpc) is 3.11. The van der Waals surface area contributed by atoms with E-state index in [1.165, 1.54) is 4.90 Å². The fourth-order valence-electron chi connectivity index (χ4n) is 4.61. The third-order valence-electron chi connectivity index (χ3n) is 6.59. The summed E-state index contributed by atoms with van der Waals surface area (Å²) in [6.07, 6.45) is -0.851. The van der Waals surface area contributed by atoms with Crippen molar-refractivity contribution in [2.45, 2.75) is 12.5 Å². The van der Waals surface area contributed by atoms with Crippen LogP contribution in [0.3, 0.4) is 0 Å². The zero-order valence-corrected chi connectivity index (χ0v) is 19.0. The van der Waals surface area contributed by atoms with Crippen molar-refractivity contribution in [3.63, 3.8) is 0 Å². The highest BCUT2D eigenvalue weighted by molar-refractivity contribution is 6.21. The molecule has 34 heavy (non-hydrogen) atoms. The Balaban J connectivity index is 1.30. The summed E-state index contributed by atoms with van der Waals surface area (Å²) in [7, 11) is 2.02. The zero-order chi connectivity index (χ0) is 23.8. The van der Waals surface area contributed by atoms with Gasteiger partial charge in [-0.25, -0.2) is 0 Å². The van der Waals surface area contributed by atoms with Gasteiger partial charge in [0.2, 0.25) is 5.91 Å². The fraction of sp³-hybridized carbons (Fsp3) is 0.360. The molecule has 0 aliphatic carbocycles. The Labute approximate surface area is 197 Å².